The molecule has 3 N–H and O–H groups in total. The summed E-state index contributed by atoms with van der Waals surface area (Å²) < 4.78 is 15.1. The number of ether oxygens (including phenoxy) is 3. The number of esters is 1. The number of carbonyl (C=O) groups excluding carboxylic acids is 3. The Morgan fingerprint density at radius 3 is 2.10 bits per heavy atom. The number of nitrogens with zero attached hydrogens (tertiary/aromatic N) is 1. The first-order valence-electron chi connectivity index (χ1n) is 9.47. The summed E-state index contributed by atoms with van der Waals surface area (Å²) in [5, 5.41) is 25.5. The number of hydrogen-bond acceptors (Lipinski definition) is 8. The third-order valence-corrected chi connectivity index (χ3v) is 4.09. The first kappa shape index (κ1) is 25.2. The lowest BCUT2D eigenvalue weighted by Gasteiger charge is -2.42. The normalized spacial score (nSPS) is 26.2. The van der Waals surface area contributed by atoms with E-state index in [1.165, 1.54) is 19.3 Å². The van der Waals surface area contributed by atoms with Crippen LogP contribution in [0.4, 0.5) is 9.59 Å². The molecule has 0 aromatic heterocycles. The largest absolute Gasteiger partial charge is 0.469 e. The number of nitrogens with one attached hydrogen (secondary N) is 2. The molecule has 0 aromatic carbocycles. The van der Waals surface area contributed by atoms with Gasteiger partial charge in [-0.2, -0.15) is 5.26 Å². The van der Waals surface area contributed by atoms with Gasteiger partial charge in [0.1, 0.15) is 17.1 Å². The number of alkyl carbamates (subject to hydrolysis) is 2. The number of nitriles is 1. The highest BCUT2D eigenvalue weighted by Gasteiger charge is 2.50. The number of rotatable bonds is 4. The fraction of sp³-hybridized carbons (Fsp3) is 0.700. The standard InChI is InChI=1S/C20H31N3O7/c1-18(2,3)29-16(26)22-13-8-9-20(10-14(24)28-7,12(11-21)15(13)25)23-17(27)30-19(4,5)6/h8-9,12-13,15,25H,10H2,1-7H3,(H,22,26)(H,23,27)/t12-,13+,15+,20+/m0/s1. The Hall–Kier alpha value is -2.80. The van der Waals surface area contributed by atoms with Crippen LogP contribution in [0, 0.1) is 17.2 Å². The van der Waals surface area contributed by atoms with Gasteiger partial charge in [-0.05, 0) is 41.5 Å². The van der Waals surface area contributed by atoms with Crippen molar-refractivity contribution in [2.45, 2.75) is 76.9 Å². The quantitative estimate of drug-likeness (QED) is 0.351. The second kappa shape index (κ2) is 9.34. The van der Waals surface area contributed by atoms with E-state index in [2.05, 4.69) is 15.4 Å². The van der Waals surface area contributed by atoms with Crippen LogP contribution in [0.5, 0.6) is 0 Å². The van der Waals surface area contributed by atoms with Gasteiger partial charge in [0.25, 0.3) is 0 Å². The van der Waals surface area contributed by atoms with Crippen LogP contribution in [0.1, 0.15) is 48.0 Å². The molecule has 0 spiro atoms. The van der Waals surface area contributed by atoms with Crippen LogP contribution in [0.3, 0.4) is 0 Å². The van der Waals surface area contributed by atoms with Crippen molar-refractivity contribution in [3.8, 4) is 6.07 Å². The van der Waals surface area contributed by atoms with Gasteiger partial charge in [0.15, 0.2) is 0 Å². The molecule has 2 amide bonds. The minimum atomic E-state index is -1.60. The van der Waals surface area contributed by atoms with Crippen molar-refractivity contribution < 1.29 is 33.7 Å². The average molecular weight is 425 g/mol. The highest BCUT2D eigenvalue weighted by molar-refractivity contribution is 5.76. The van der Waals surface area contributed by atoms with Gasteiger partial charge in [0, 0.05) is 0 Å². The molecule has 4 atom stereocenters. The summed E-state index contributed by atoms with van der Waals surface area (Å²) in [4.78, 5) is 36.5. The monoisotopic (exact) mass is 425 g/mol. The van der Waals surface area contributed by atoms with Gasteiger partial charge in [0.2, 0.25) is 0 Å². The Kier molecular flexibility index (Phi) is 7.86. The van der Waals surface area contributed by atoms with Gasteiger partial charge in [-0.25, -0.2) is 9.59 Å². The van der Waals surface area contributed by atoms with E-state index in [9.17, 15) is 24.8 Å². The molecule has 1 aliphatic carbocycles. The van der Waals surface area contributed by atoms with Crippen LogP contribution in [-0.4, -0.2) is 59.3 Å². The third-order valence-electron chi connectivity index (χ3n) is 4.09. The summed E-state index contributed by atoms with van der Waals surface area (Å²) in [6.45, 7) is 10.0. The first-order chi connectivity index (χ1) is 13.6. The molecule has 30 heavy (non-hydrogen) atoms. The van der Waals surface area contributed by atoms with Crippen molar-refractivity contribution in [2.75, 3.05) is 7.11 Å². The Morgan fingerprint density at radius 1 is 1.10 bits per heavy atom. The molecule has 0 heterocycles. The fourth-order valence-corrected chi connectivity index (χ4v) is 2.91. The third kappa shape index (κ3) is 7.22. The molecule has 0 radical (unpaired) electrons. The van der Waals surface area contributed by atoms with Gasteiger partial charge < -0.3 is 30.0 Å². The van der Waals surface area contributed by atoms with E-state index in [1.54, 1.807) is 41.5 Å². The van der Waals surface area contributed by atoms with E-state index in [4.69, 9.17) is 9.47 Å². The summed E-state index contributed by atoms with van der Waals surface area (Å²) in [5.41, 5.74) is -3.18. The highest BCUT2D eigenvalue weighted by atomic mass is 16.6. The van der Waals surface area contributed by atoms with Crippen LogP contribution in [0.2, 0.25) is 0 Å². The van der Waals surface area contributed by atoms with Crippen molar-refractivity contribution >= 4 is 18.2 Å². The number of hydrogen-bond donors (Lipinski definition) is 3. The summed E-state index contributed by atoms with van der Waals surface area (Å²) in [6.07, 6.45) is -0.755. The van der Waals surface area contributed by atoms with E-state index in [1.807, 2.05) is 6.07 Å². The first-order valence-corrected chi connectivity index (χ1v) is 9.47. The van der Waals surface area contributed by atoms with E-state index < -0.39 is 59.4 Å². The molecule has 0 unspecified atom stereocenters. The van der Waals surface area contributed by atoms with Crippen molar-refractivity contribution in [1.29, 1.82) is 5.26 Å². The molecular formula is C20H31N3O7. The lowest BCUT2D eigenvalue weighted by molar-refractivity contribution is -0.142. The molecule has 168 valence electrons. The van der Waals surface area contributed by atoms with Crippen molar-refractivity contribution in [3.05, 3.63) is 12.2 Å². The minimum absolute atomic E-state index is 0.423. The molecule has 0 saturated heterocycles. The molecule has 0 aromatic rings. The second-order valence-corrected chi connectivity index (χ2v) is 9.05. The maximum atomic E-state index is 12.4. The molecule has 0 bridgehead atoms. The Labute approximate surface area is 176 Å². The number of carbonyl (C=O) groups is 3. The summed E-state index contributed by atoms with van der Waals surface area (Å²) in [5.74, 6) is -2.00. The van der Waals surface area contributed by atoms with E-state index in [0.29, 0.717) is 0 Å². The Bertz CT molecular complexity index is 730. The summed E-state index contributed by atoms with van der Waals surface area (Å²) in [7, 11) is 1.17. The lowest BCUT2D eigenvalue weighted by Crippen LogP contribution is -2.63. The smallest absolute Gasteiger partial charge is 0.408 e. The van der Waals surface area contributed by atoms with Crippen molar-refractivity contribution in [3.63, 3.8) is 0 Å². The van der Waals surface area contributed by atoms with Gasteiger partial charge in [-0.15, -0.1) is 0 Å². The van der Waals surface area contributed by atoms with Crippen LogP contribution >= 0.6 is 0 Å². The van der Waals surface area contributed by atoms with Crippen LogP contribution in [-0.2, 0) is 19.0 Å². The fourth-order valence-electron chi connectivity index (χ4n) is 2.91. The minimum Gasteiger partial charge on any atom is -0.469 e. The molecule has 0 fully saturated rings. The van der Waals surface area contributed by atoms with Gasteiger partial charge in [0.05, 0.1) is 37.3 Å². The zero-order valence-corrected chi connectivity index (χ0v) is 18.4. The van der Waals surface area contributed by atoms with Gasteiger partial charge in [-0.1, -0.05) is 12.2 Å². The Balaban J connectivity index is 3.21. The van der Waals surface area contributed by atoms with Gasteiger partial charge in [-0.3, -0.25) is 4.79 Å². The SMILES string of the molecule is COC(=O)C[C@]1(NC(=O)OC(C)(C)C)C=C[C@@H](NC(=O)OC(C)(C)C)[C@H](O)[C@@H]1C#N. The van der Waals surface area contributed by atoms with E-state index >= 15 is 0 Å². The van der Waals surface area contributed by atoms with Crippen LogP contribution in [0.15, 0.2) is 12.2 Å². The molecule has 1 aliphatic rings. The predicted molar refractivity (Wildman–Crippen MR) is 106 cm³/mol. The number of aliphatic hydroxyl groups is 1. The maximum absolute atomic E-state index is 12.4. The zero-order valence-electron chi connectivity index (χ0n) is 18.4. The zero-order chi connectivity index (χ0) is 23.3. The van der Waals surface area contributed by atoms with Crippen molar-refractivity contribution in [1.82, 2.24) is 10.6 Å². The van der Waals surface area contributed by atoms with Gasteiger partial charge >= 0.3 is 18.2 Å². The van der Waals surface area contributed by atoms with Crippen LogP contribution < -0.4 is 10.6 Å². The second-order valence-electron chi connectivity index (χ2n) is 9.05. The predicted octanol–water partition coefficient (Wildman–Crippen LogP) is 1.78. The molecule has 0 saturated carbocycles. The van der Waals surface area contributed by atoms with E-state index in [-0.39, 0.29) is 0 Å². The number of aliphatic hydroxyl groups excluding tert-OH is 1. The molecule has 10 heteroatoms. The summed E-state index contributed by atoms with van der Waals surface area (Å²) >= 11 is 0. The number of methoxy groups -OCH3 is 1. The number of amides is 2. The molecule has 10 nitrogen and oxygen atoms in total. The highest BCUT2D eigenvalue weighted by Crippen LogP contribution is 2.33. The maximum Gasteiger partial charge on any atom is 0.408 e. The van der Waals surface area contributed by atoms with E-state index in [0.717, 1.165) is 0 Å². The summed E-state index contributed by atoms with van der Waals surface area (Å²) in [6, 6.07) is 0.946. The van der Waals surface area contributed by atoms with Crippen molar-refractivity contribution in [2.24, 2.45) is 5.92 Å². The van der Waals surface area contributed by atoms with Crippen LogP contribution in [0.25, 0.3) is 0 Å². The lowest BCUT2D eigenvalue weighted by atomic mass is 9.72. The average Bonchev–Trinajstić information content (AvgIpc) is 2.54. The molecule has 1 rings (SSSR count). The molecular weight excluding hydrogens is 394 g/mol. The Morgan fingerprint density at radius 2 is 1.63 bits per heavy atom. The molecule has 0 aliphatic heterocycles. The topological polar surface area (TPSA) is 147 Å².